The molecule has 5 rings (SSSR count). The Labute approximate surface area is 205 Å². The van der Waals surface area contributed by atoms with Crippen molar-refractivity contribution in [3.05, 3.63) is 71.0 Å². The van der Waals surface area contributed by atoms with Gasteiger partial charge in [-0.3, -0.25) is 14.4 Å². The van der Waals surface area contributed by atoms with E-state index in [9.17, 15) is 14.4 Å². The highest BCUT2D eigenvalue weighted by molar-refractivity contribution is 6.45. The summed E-state index contributed by atoms with van der Waals surface area (Å²) in [5.41, 5.74) is 2.10. The second kappa shape index (κ2) is 8.95. The Morgan fingerprint density at radius 3 is 2.60 bits per heavy atom. The van der Waals surface area contributed by atoms with Crippen molar-refractivity contribution in [2.45, 2.75) is 19.9 Å². The van der Waals surface area contributed by atoms with Crippen molar-refractivity contribution >= 4 is 40.2 Å². The molecule has 35 heavy (non-hydrogen) atoms. The number of hydrogen-bond acceptors (Lipinski definition) is 6. The number of aromatic nitrogens is 5. The maximum Gasteiger partial charge on any atom is 0.295 e. The van der Waals surface area contributed by atoms with Gasteiger partial charge in [-0.2, -0.15) is 5.10 Å². The summed E-state index contributed by atoms with van der Waals surface area (Å²) in [6, 6.07) is 10.4. The first-order valence-corrected chi connectivity index (χ1v) is 11.5. The van der Waals surface area contributed by atoms with Crippen molar-refractivity contribution in [3.63, 3.8) is 0 Å². The average molecular weight is 492 g/mol. The van der Waals surface area contributed by atoms with Crippen molar-refractivity contribution < 1.29 is 14.4 Å². The van der Waals surface area contributed by atoms with Crippen molar-refractivity contribution in [1.29, 1.82) is 0 Å². The minimum Gasteiger partial charge on any atom is -0.357 e. The molecule has 1 aromatic carbocycles. The van der Waals surface area contributed by atoms with E-state index in [4.69, 9.17) is 11.6 Å². The molecule has 0 saturated carbocycles. The predicted octanol–water partition coefficient (Wildman–Crippen LogP) is 2.66. The van der Waals surface area contributed by atoms with Gasteiger partial charge in [-0.1, -0.05) is 29.8 Å². The molecule has 0 bridgehead atoms. The number of carbonyl (C=O) groups excluding carboxylic acids is 3. The van der Waals surface area contributed by atoms with Gasteiger partial charge in [0.2, 0.25) is 0 Å². The number of H-pyrrole nitrogens is 1. The Morgan fingerprint density at radius 2 is 1.91 bits per heavy atom. The third kappa shape index (κ3) is 4.06. The number of nitrogens with one attached hydrogen (secondary N) is 1. The van der Waals surface area contributed by atoms with Gasteiger partial charge in [-0.05, 0) is 26.0 Å². The molecule has 10 nitrogen and oxygen atoms in total. The van der Waals surface area contributed by atoms with E-state index in [0.29, 0.717) is 29.1 Å². The van der Waals surface area contributed by atoms with Crippen LogP contribution < -0.4 is 0 Å². The van der Waals surface area contributed by atoms with Gasteiger partial charge in [-0.25, -0.2) is 14.6 Å². The van der Waals surface area contributed by atoms with Crippen LogP contribution in [0.25, 0.3) is 16.7 Å². The molecule has 1 fully saturated rings. The van der Waals surface area contributed by atoms with Gasteiger partial charge >= 0.3 is 0 Å². The maximum atomic E-state index is 13.2. The Hall–Kier alpha value is -4.05. The molecular weight excluding hydrogens is 470 g/mol. The van der Waals surface area contributed by atoms with E-state index in [0.717, 1.165) is 0 Å². The standard InChI is InChI=1S/C24H22ClN7O3/c1-14-12-30(8-9-31(14)23(34)16-6-4-3-5-7-16)24(35)22(33)17-11-26-21-18(10-19(25)29-20(17)21)32-15(2)27-13-28-32/h3-7,10-11,13-14,26H,8-9,12H2,1-2H3/t14-/m1/s1. The molecular formula is C24H22ClN7O3. The lowest BCUT2D eigenvalue weighted by molar-refractivity contribution is -0.128. The summed E-state index contributed by atoms with van der Waals surface area (Å²) in [7, 11) is 0. The van der Waals surface area contributed by atoms with Crippen LogP contribution in [0.4, 0.5) is 0 Å². The van der Waals surface area contributed by atoms with E-state index in [1.54, 1.807) is 34.7 Å². The van der Waals surface area contributed by atoms with Crippen LogP contribution in [0.3, 0.4) is 0 Å². The molecule has 0 aliphatic carbocycles. The van der Waals surface area contributed by atoms with Crippen molar-refractivity contribution in [2.24, 2.45) is 0 Å². The number of nitrogens with zero attached hydrogens (tertiary/aromatic N) is 6. The first-order valence-electron chi connectivity index (χ1n) is 11.1. The van der Waals surface area contributed by atoms with Crippen molar-refractivity contribution in [2.75, 3.05) is 19.6 Å². The van der Waals surface area contributed by atoms with E-state index < -0.39 is 11.7 Å². The number of Topliss-reactive ketones (excluding diaryl/α,β-unsaturated/α-hetero) is 1. The topological polar surface area (TPSA) is 117 Å². The number of halogens is 1. The summed E-state index contributed by atoms with van der Waals surface area (Å²) in [5, 5.41) is 4.36. The molecule has 3 aromatic heterocycles. The molecule has 178 valence electrons. The van der Waals surface area contributed by atoms with Gasteiger partial charge in [0.25, 0.3) is 17.6 Å². The third-order valence-corrected chi connectivity index (χ3v) is 6.36. The fourth-order valence-corrected chi connectivity index (χ4v) is 4.56. The first-order chi connectivity index (χ1) is 16.8. The zero-order valence-electron chi connectivity index (χ0n) is 19.1. The number of carbonyl (C=O) groups is 3. The fourth-order valence-electron chi connectivity index (χ4n) is 4.38. The second-order valence-electron chi connectivity index (χ2n) is 8.40. The largest absolute Gasteiger partial charge is 0.357 e. The van der Waals surface area contributed by atoms with Gasteiger partial charge in [-0.15, -0.1) is 0 Å². The van der Waals surface area contributed by atoms with Crippen LogP contribution in [0, 0.1) is 6.92 Å². The summed E-state index contributed by atoms with van der Waals surface area (Å²) >= 11 is 6.24. The van der Waals surface area contributed by atoms with Crippen LogP contribution in [0.1, 0.15) is 33.5 Å². The maximum absolute atomic E-state index is 13.2. The van der Waals surface area contributed by atoms with Gasteiger partial charge in [0, 0.05) is 43.5 Å². The molecule has 1 aliphatic heterocycles. The average Bonchev–Trinajstić information content (AvgIpc) is 3.48. The fraction of sp³-hybridized carbons (Fsp3) is 0.250. The van der Waals surface area contributed by atoms with Crippen molar-refractivity contribution in [1.82, 2.24) is 34.5 Å². The monoisotopic (exact) mass is 491 g/mol. The molecule has 0 spiro atoms. The number of aryl methyl sites for hydroxylation is 1. The third-order valence-electron chi connectivity index (χ3n) is 6.16. The molecule has 4 heterocycles. The number of piperazine rings is 1. The highest BCUT2D eigenvalue weighted by Gasteiger charge is 2.34. The first kappa shape index (κ1) is 22.7. The lowest BCUT2D eigenvalue weighted by Crippen LogP contribution is -2.56. The molecule has 11 heteroatoms. The summed E-state index contributed by atoms with van der Waals surface area (Å²) < 4.78 is 1.58. The zero-order chi connectivity index (χ0) is 24.7. The predicted molar refractivity (Wildman–Crippen MR) is 129 cm³/mol. The molecule has 1 aliphatic rings. The number of hydrogen-bond donors (Lipinski definition) is 1. The van der Waals surface area contributed by atoms with Crippen LogP contribution in [-0.4, -0.2) is 77.8 Å². The van der Waals surface area contributed by atoms with E-state index in [1.807, 2.05) is 25.1 Å². The summed E-state index contributed by atoms with van der Waals surface area (Å²) in [4.78, 5) is 53.9. The zero-order valence-corrected chi connectivity index (χ0v) is 19.9. The molecule has 1 saturated heterocycles. The van der Waals surface area contributed by atoms with E-state index in [1.165, 1.54) is 17.4 Å². The Balaban J connectivity index is 1.37. The Kier molecular flexibility index (Phi) is 5.81. The second-order valence-corrected chi connectivity index (χ2v) is 8.79. The van der Waals surface area contributed by atoms with Gasteiger partial charge < -0.3 is 14.8 Å². The highest BCUT2D eigenvalue weighted by Crippen LogP contribution is 2.27. The minimum absolute atomic E-state index is 0.0945. The highest BCUT2D eigenvalue weighted by atomic mass is 35.5. The normalized spacial score (nSPS) is 16.0. The number of aromatic amines is 1. The number of ketones is 1. The minimum atomic E-state index is -0.692. The van der Waals surface area contributed by atoms with Crippen LogP contribution in [0.2, 0.25) is 5.15 Å². The Bertz CT molecular complexity index is 1450. The van der Waals surface area contributed by atoms with Crippen molar-refractivity contribution in [3.8, 4) is 5.69 Å². The molecule has 1 N–H and O–H groups in total. The SMILES string of the molecule is Cc1ncnn1-c1cc(Cl)nc2c(C(=O)C(=O)N3CCN(C(=O)c4ccccc4)[C@H](C)C3)c[nH]c12. The summed E-state index contributed by atoms with van der Waals surface area (Å²) in [5.74, 6) is -0.806. The number of benzene rings is 1. The van der Waals surface area contributed by atoms with Crippen LogP contribution >= 0.6 is 11.6 Å². The number of fused-ring (bicyclic) bond motifs is 1. The lowest BCUT2D eigenvalue weighted by atomic mass is 10.1. The Morgan fingerprint density at radius 1 is 1.14 bits per heavy atom. The molecule has 0 unspecified atom stereocenters. The number of rotatable bonds is 4. The van der Waals surface area contributed by atoms with Crippen LogP contribution in [0.15, 0.2) is 48.9 Å². The number of pyridine rings is 1. The van der Waals surface area contributed by atoms with E-state index in [-0.39, 0.29) is 41.3 Å². The van der Waals surface area contributed by atoms with Gasteiger partial charge in [0.15, 0.2) is 0 Å². The van der Waals surface area contributed by atoms with Gasteiger partial charge in [0.1, 0.15) is 22.8 Å². The van der Waals surface area contributed by atoms with Crippen LogP contribution in [-0.2, 0) is 4.79 Å². The molecule has 2 amide bonds. The van der Waals surface area contributed by atoms with Crippen LogP contribution in [0.5, 0.6) is 0 Å². The molecule has 1 atom stereocenters. The summed E-state index contributed by atoms with van der Waals surface area (Å²) in [6.45, 7) is 4.50. The van der Waals surface area contributed by atoms with Gasteiger partial charge in [0.05, 0.1) is 16.8 Å². The van der Waals surface area contributed by atoms with E-state index in [2.05, 4.69) is 20.1 Å². The molecule has 0 radical (unpaired) electrons. The van der Waals surface area contributed by atoms with E-state index >= 15 is 0 Å². The number of amides is 2. The summed E-state index contributed by atoms with van der Waals surface area (Å²) in [6.07, 6.45) is 2.87. The lowest BCUT2D eigenvalue weighted by Gasteiger charge is -2.39. The molecule has 4 aromatic rings. The quantitative estimate of drug-likeness (QED) is 0.266. The smallest absolute Gasteiger partial charge is 0.295 e.